The van der Waals surface area contributed by atoms with Gasteiger partial charge in [-0.05, 0) is 38.6 Å². The second kappa shape index (κ2) is 8.03. The van der Waals surface area contributed by atoms with Crippen molar-refractivity contribution in [1.29, 1.82) is 0 Å². The van der Waals surface area contributed by atoms with Crippen molar-refractivity contribution < 1.29 is 18.7 Å². The van der Waals surface area contributed by atoms with Crippen LogP contribution in [0.1, 0.15) is 39.5 Å². The molecule has 0 saturated heterocycles. The van der Waals surface area contributed by atoms with Crippen LogP contribution < -0.4 is 5.32 Å². The van der Waals surface area contributed by atoms with Crippen LogP contribution in [0.2, 0.25) is 0 Å². The van der Waals surface area contributed by atoms with E-state index in [-0.39, 0.29) is 24.5 Å². The Morgan fingerprint density at radius 2 is 1.90 bits per heavy atom. The van der Waals surface area contributed by atoms with Gasteiger partial charge in [-0.25, -0.2) is 8.78 Å². The van der Waals surface area contributed by atoms with Crippen LogP contribution in [-0.2, 0) is 4.79 Å². The fourth-order valence-corrected chi connectivity index (χ4v) is 2.90. The van der Waals surface area contributed by atoms with Crippen molar-refractivity contribution in [3.05, 3.63) is 0 Å². The van der Waals surface area contributed by atoms with Crippen LogP contribution in [0.5, 0.6) is 0 Å². The van der Waals surface area contributed by atoms with E-state index < -0.39 is 11.8 Å². The van der Waals surface area contributed by atoms with E-state index in [4.69, 9.17) is 0 Å². The van der Waals surface area contributed by atoms with E-state index in [0.29, 0.717) is 13.1 Å². The highest BCUT2D eigenvalue weighted by Gasteiger charge is 2.38. The van der Waals surface area contributed by atoms with Crippen molar-refractivity contribution in [3.63, 3.8) is 0 Å². The predicted molar refractivity (Wildman–Crippen MR) is 78.3 cm³/mol. The van der Waals surface area contributed by atoms with Crippen molar-refractivity contribution >= 4 is 5.91 Å². The molecule has 6 heteroatoms. The Bertz CT molecular complexity index is 330. The number of amides is 1. The van der Waals surface area contributed by atoms with Gasteiger partial charge in [0.2, 0.25) is 5.91 Å². The van der Waals surface area contributed by atoms with Gasteiger partial charge in [0.15, 0.2) is 0 Å². The first kappa shape index (κ1) is 18.3. The maximum Gasteiger partial charge on any atom is 0.251 e. The minimum atomic E-state index is -2.35. The van der Waals surface area contributed by atoms with Crippen molar-refractivity contribution in [2.24, 2.45) is 11.3 Å². The van der Waals surface area contributed by atoms with Gasteiger partial charge >= 0.3 is 0 Å². The summed E-state index contributed by atoms with van der Waals surface area (Å²) in [4.78, 5) is 13.8. The van der Waals surface area contributed by atoms with E-state index in [0.717, 1.165) is 25.7 Å². The first-order chi connectivity index (χ1) is 9.73. The molecule has 2 N–H and O–H groups in total. The number of aliphatic hydroxyl groups excluding tert-OH is 1. The third kappa shape index (κ3) is 5.87. The van der Waals surface area contributed by atoms with Crippen LogP contribution >= 0.6 is 0 Å². The van der Waals surface area contributed by atoms with Crippen LogP contribution in [0.15, 0.2) is 0 Å². The maximum absolute atomic E-state index is 12.3. The van der Waals surface area contributed by atoms with Gasteiger partial charge in [0.25, 0.3) is 6.43 Å². The molecule has 1 aliphatic carbocycles. The van der Waals surface area contributed by atoms with Gasteiger partial charge in [0.1, 0.15) is 0 Å². The van der Waals surface area contributed by atoms with Crippen LogP contribution in [0.3, 0.4) is 0 Å². The van der Waals surface area contributed by atoms with Crippen molar-refractivity contribution in [2.45, 2.75) is 52.1 Å². The van der Waals surface area contributed by atoms with Crippen LogP contribution in [0.25, 0.3) is 0 Å². The standard InChI is InChI=1S/C15H28F2N2O2/c1-15(2,11-4-6-12(20)7-5-11)14(21)18-8-9-19(3)10-13(16)17/h11-13,20H,4-10H2,1-3H3,(H,18,21). The molecule has 21 heavy (non-hydrogen) atoms. The highest BCUT2D eigenvalue weighted by molar-refractivity contribution is 5.82. The van der Waals surface area contributed by atoms with E-state index in [1.54, 1.807) is 7.05 Å². The second-order valence-electron chi connectivity index (χ2n) is 6.64. The molecule has 0 aliphatic heterocycles. The summed E-state index contributed by atoms with van der Waals surface area (Å²) in [7, 11) is 1.62. The van der Waals surface area contributed by atoms with Crippen molar-refractivity contribution in [3.8, 4) is 0 Å². The van der Waals surface area contributed by atoms with Gasteiger partial charge in [-0.3, -0.25) is 9.69 Å². The van der Waals surface area contributed by atoms with E-state index in [2.05, 4.69) is 5.32 Å². The molecule has 4 nitrogen and oxygen atoms in total. The van der Waals surface area contributed by atoms with Gasteiger partial charge in [0.05, 0.1) is 12.6 Å². The average molecular weight is 306 g/mol. The van der Waals surface area contributed by atoms with Crippen molar-refractivity contribution in [2.75, 3.05) is 26.7 Å². The Morgan fingerprint density at radius 3 is 2.43 bits per heavy atom. The third-order valence-electron chi connectivity index (χ3n) is 4.53. The average Bonchev–Trinajstić information content (AvgIpc) is 2.38. The molecule has 1 rings (SSSR count). The number of likely N-dealkylation sites (N-methyl/N-ethyl adjacent to an activating group) is 1. The first-order valence-electron chi connectivity index (χ1n) is 7.66. The van der Waals surface area contributed by atoms with E-state index in [1.165, 1.54) is 4.90 Å². The fourth-order valence-electron chi connectivity index (χ4n) is 2.90. The molecule has 0 radical (unpaired) electrons. The summed E-state index contributed by atoms with van der Waals surface area (Å²) in [5.41, 5.74) is -0.485. The molecule has 0 aromatic heterocycles. The molecule has 0 aromatic rings. The molecular formula is C15H28F2N2O2. The van der Waals surface area contributed by atoms with Gasteiger partial charge in [-0.15, -0.1) is 0 Å². The number of rotatable bonds is 7. The summed E-state index contributed by atoms with van der Waals surface area (Å²) < 4.78 is 24.4. The zero-order chi connectivity index (χ0) is 16.0. The Kier molecular flexibility index (Phi) is 7.00. The highest BCUT2D eigenvalue weighted by Crippen LogP contribution is 2.38. The maximum atomic E-state index is 12.3. The van der Waals surface area contributed by atoms with E-state index in [9.17, 15) is 18.7 Å². The lowest BCUT2D eigenvalue weighted by Crippen LogP contribution is -2.45. The molecule has 1 saturated carbocycles. The highest BCUT2D eigenvalue weighted by atomic mass is 19.3. The molecule has 1 amide bonds. The molecule has 1 fully saturated rings. The Morgan fingerprint density at radius 1 is 1.33 bits per heavy atom. The quantitative estimate of drug-likeness (QED) is 0.755. The van der Waals surface area contributed by atoms with Crippen molar-refractivity contribution in [1.82, 2.24) is 10.2 Å². The largest absolute Gasteiger partial charge is 0.393 e. The molecular weight excluding hydrogens is 278 g/mol. The smallest absolute Gasteiger partial charge is 0.251 e. The molecule has 0 atom stereocenters. The Balaban J connectivity index is 2.36. The summed E-state index contributed by atoms with van der Waals surface area (Å²) >= 11 is 0. The summed E-state index contributed by atoms with van der Waals surface area (Å²) in [5.74, 6) is 0.231. The molecule has 124 valence electrons. The number of hydrogen-bond acceptors (Lipinski definition) is 3. The lowest BCUT2D eigenvalue weighted by atomic mass is 9.70. The Labute approximate surface area is 125 Å². The second-order valence-corrected chi connectivity index (χ2v) is 6.64. The predicted octanol–water partition coefficient (Wildman–Crippen LogP) is 1.88. The van der Waals surface area contributed by atoms with E-state index >= 15 is 0 Å². The normalized spacial score (nSPS) is 23.6. The molecule has 0 spiro atoms. The molecule has 0 heterocycles. The number of alkyl halides is 2. The van der Waals surface area contributed by atoms with Gasteiger partial charge in [-0.2, -0.15) is 0 Å². The van der Waals surface area contributed by atoms with Gasteiger partial charge in [-0.1, -0.05) is 13.8 Å². The minimum absolute atomic E-state index is 0.0330. The number of carbonyl (C=O) groups excluding carboxylic acids is 1. The molecule has 1 aliphatic rings. The number of aliphatic hydroxyl groups is 1. The molecule has 0 unspecified atom stereocenters. The summed E-state index contributed by atoms with van der Waals surface area (Å²) in [6.45, 7) is 4.36. The number of hydrogen-bond donors (Lipinski definition) is 2. The molecule has 0 bridgehead atoms. The van der Waals surface area contributed by atoms with Crippen LogP contribution in [0, 0.1) is 11.3 Å². The lowest BCUT2D eigenvalue weighted by molar-refractivity contribution is -0.133. The molecule has 0 aromatic carbocycles. The Hall–Kier alpha value is -0.750. The monoisotopic (exact) mass is 306 g/mol. The summed E-state index contributed by atoms with van der Waals surface area (Å²) in [6, 6.07) is 0. The van der Waals surface area contributed by atoms with Crippen LogP contribution in [-0.4, -0.2) is 55.1 Å². The fraction of sp³-hybridized carbons (Fsp3) is 0.933. The zero-order valence-electron chi connectivity index (χ0n) is 13.2. The zero-order valence-corrected chi connectivity index (χ0v) is 13.2. The summed E-state index contributed by atoms with van der Waals surface area (Å²) in [5, 5.41) is 12.4. The number of nitrogens with one attached hydrogen (secondary N) is 1. The number of nitrogens with zero attached hydrogens (tertiary/aromatic N) is 1. The minimum Gasteiger partial charge on any atom is -0.393 e. The third-order valence-corrected chi connectivity index (χ3v) is 4.53. The van der Waals surface area contributed by atoms with Gasteiger partial charge in [0, 0.05) is 18.5 Å². The topological polar surface area (TPSA) is 52.6 Å². The first-order valence-corrected chi connectivity index (χ1v) is 7.66. The summed E-state index contributed by atoms with van der Waals surface area (Å²) in [6.07, 6.45) is 0.621. The SMILES string of the molecule is CN(CCNC(=O)C(C)(C)C1CCC(O)CC1)CC(F)F. The lowest BCUT2D eigenvalue weighted by Gasteiger charge is -2.37. The van der Waals surface area contributed by atoms with E-state index in [1.807, 2.05) is 13.8 Å². The number of halogens is 2. The van der Waals surface area contributed by atoms with Crippen LogP contribution in [0.4, 0.5) is 8.78 Å². The van der Waals surface area contributed by atoms with Gasteiger partial charge < -0.3 is 10.4 Å². The number of carbonyl (C=O) groups is 1.